The number of hydrogen-bond acceptors (Lipinski definition) is 2. The lowest BCUT2D eigenvalue weighted by atomic mass is 9.94. The molecule has 2 aromatic rings. The number of benzene rings is 2. The van der Waals surface area contributed by atoms with Crippen molar-refractivity contribution in [2.75, 3.05) is 6.54 Å². The largest absolute Gasteiger partial charge is 0.416 e. The third-order valence-electron chi connectivity index (χ3n) is 4.76. The first-order chi connectivity index (χ1) is 13.2. The van der Waals surface area contributed by atoms with Crippen molar-refractivity contribution in [1.29, 1.82) is 0 Å². The Morgan fingerprint density at radius 1 is 0.929 bits per heavy atom. The van der Waals surface area contributed by atoms with Crippen LogP contribution in [0.15, 0.2) is 48.5 Å². The maximum absolute atomic E-state index is 13.3. The van der Waals surface area contributed by atoms with E-state index in [2.05, 4.69) is 5.32 Å². The van der Waals surface area contributed by atoms with E-state index in [-0.39, 0.29) is 23.8 Å². The van der Waals surface area contributed by atoms with Crippen molar-refractivity contribution in [2.24, 2.45) is 0 Å². The Kier molecular flexibility index (Phi) is 6.00. The highest BCUT2D eigenvalue weighted by Crippen LogP contribution is 2.38. The molecule has 3 rings (SSSR count). The van der Waals surface area contributed by atoms with Gasteiger partial charge in [0.05, 0.1) is 29.9 Å². The van der Waals surface area contributed by atoms with Crippen molar-refractivity contribution < 1.29 is 31.1 Å². The van der Waals surface area contributed by atoms with Crippen molar-refractivity contribution in [3.05, 3.63) is 70.8 Å². The number of nitrogens with one attached hydrogen (secondary N) is 1. The maximum Gasteiger partial charge on any atom is 0.416 e. The average Bonchev–Trinajstić information content (AvgIpc) is 2.65. The first-order valence-electron chi connectivity index (χ1n) is 8.83. The summed E-state index contributed by atoms with van der Waals surface area (Å²) >= 11 is 0. The zero-order valence-electron chi connectivity index (χ0n) is 14.8. The van der Waals surface area contributed by atoms with Crippen LogP contribution >= 0.6 is 0 Å². The summed E-state index contributed by atoms with van der Waals surface area (Å²) in [6, 6.07) is 10.9. The number of alkyl halides is 6. The summed E-state index contributed by atoms with van der Waals surface area (Å²) in [5, 5.41) is 3.30. The van der Waals surface area contributed by atoms with E-state index in [1.807, 2.05) is 30.3 Å². The minimum atomic E-state index is -4.90. The highest BCUT2D eigenvalue weighted by molar-refractivity contribution is 5.35. The Morgan fingerprint density at radius 2 is 1.64 bits per heavy atom. The predicted octanol–water partition coefficient (Wildman–Crippen LogP) is 5.73. The smallest absolute Gasteiger partial charge is 0.372 e. The average molecular weight is 403 g/mol. The first-order valence-corrected chi connectivity index (χ1v) is 8.83. The fourth-order valence-corrected chi connectivity index (χ4v) is 3.37. The lowest BCUT2D eigenvalue weighted by Gasteiger charge is -2.33. The third kappa shape index (κ3) is 4.86. The minimum Gasteiger partial charge on any atom is -0.372 e. The van der Waals surface area contributed by atoms with Crippen LogP contribution < -0.4 is 5.32 Å². The van der Waals surface area contributed by atoms with Crippen LogP contribution in [-0.4, -0.2) is 12.6 Å². The molecule has 2 unspecified atom stereocenters. The highest BCUT2D eigenvalue weighted by Gasteiger charge is 2.38. The summed E-state index contributed by atoms with van der Waals surface area (Å²) < 4.78 is 84.0. The van der Waals surface area contributed by atoms with Crippen LogP contribution in [0.2, 0.25) is 0 Å². The highest BCUT2D eigenvalue weighted by atomic mass is 19.4. The zero-order valence-corrected chi connectivity index (χ0v) is 14.8. The Hall–Kier alpha value is -2.06. The summed E-state index contributed by atoms with van der Waals surface area (Å²) in [5.41, 5.74) is -2.00. The second kappa shape index (κ2) is 8.13. The molecular formula is C20H19F6NO. The van der Waals surface area contributed by atoms with Gasteiger partial charge in [0, 0.05) is 0 Å². The molecule has 152 valence electrons. The van der Waals surface area contributed by atoms with Crippen LogP contribution in [0.3, 0.4) is 0 Å². The molecule has 2 nitrogen and oxygen atoms in total. The number of ether oxygens (including phenoxy) is 1. The van der Waals surface area contributed by atoms with Gasteiger partial charge in [-0.3, -0.25) is 0 Å². The van der Waals surface area contributed by atoms with Crippen molar-refractivity contribution in [3.63, 3.8) is 0 Å². The zero-order chi connectivity index (χ0) is 20.4. The van der Waals surface area contributed by atoms with E-state index in [4.69, 9.17) is 4.74 Å². The molecule has 2 aromatic carbocycles. The van der Waals surface area contributed by atoms with Gasteiger partial charge >= 0.3 is 12.4 Å². The van der Waals surface area contributed by atoms with Crippen LogP contribution in [0.1, 0.15) is 41.1 Å². The molecule has 0 amide bonds. The SMILES string of the molecule is FC(F)(F)c1ccc(COC2CCCNC2c2ccccc2)c(C(F)(F)F)c1. The fourth-order valence-electron chi connectivity index (χ4n) is 3.37. The van der Waals surface area contributed by atoms with E-state index in [9.17, 15) is 26.3 Å². The van der Waals surface area contributed by atoms with Crippen LogP contribution in [0.4, 0.5) is 26.3 Å². The lowest BCUT2D eigenvalue weighted by molar-refractivity contribution is -0.144. The van der Waals surface area contributed by atoms with Gasteiger partial charge in [0.2, 0.25) is 0 Å². The topological polar surface area (TPSA) is 21.3 Å². The molecular weight excluding hydrogens is 384 g/mol. The minimum absolute atomic E-state index is 0.145. The van der Waals surface area contributed by atoms with Crippen LogP contribution in [-0.2, 0) is 23.7 Å². The Morgan fingerprint density at radius 3 is 2.29 bits per heavy atom. The van der Waals surface area contributed by atoms with Gasteiger partial charge in [-0.1, -0.05) is 36.4 Å². The molecule has 1 aliphatic heterocycles. The molecule has 1 saturated heterocycles. The molecule has 1 N–H and O–H groups in total. The van der Waals surface area contributed by atoms with Crippen LogP contribution in [0.25, 0.3) is 0 Å². The number of piperidine rings is 1. The van der Waals surface area contributed by atoms with Gasteiger partial charge in [-0.15, -0.1) is 0 Å². The van der Waals surface area contributed by atoms with Gasteiger partial charge in [-0.25, -0.2) is 0 Å². The number of rotatable bonds is 4. The number of halogens is 6. The van der Waals surface area contributed by atoms with E-state index in [0.29, 0.717) is 12.5 Å². The van der Waals surface area contributed by atoms with E-state index in [1.54, 1.807) is 0 Å². The van der Waals surface area contributed by atoms with Gasteiger partial charge in [-0.05, 0) is 42.6 Å². The molecule has 1 aliphatic rings. The number of hydrogen-bond donors (Lipinski definition) is 1. The molecule has 2 atom stereocenters. The van der Waals surface area contributed by atoms with Gasteiger partial charge in [0.25, 0.3) is 0 Å². The normalized spacial score (nSPS) is 20.9. The van der Waals surface area contributed by atoms with Gasteiger partial charge in [0.1, 0.15) is 0 Å². The molecule has 1 fully saturated rings. The Balaban J connectivity index is 1.81. The molecule has 0 saturated carbocycles. The molecule has 0 spiro atoms. The van der Waals surface area contributed by atoms with Gasteiger partial charge < -0.3 is 10.1 Å². The van der Waals surface area contributed by atoms with Crippen LogP contribution in [0, 0.1) is 0 Å². The molecule has 8 heteroatoms. The Labute approximate surface area is 158 Å². The van der Waals surface area contributed by atoms with Gasteiger partial charge in [0.15, 0.2) is 0 Å². The molecule has 28 heavy (non-hydrogen) atoms. The summed E-state index contributed by atoms with van der Waals surface area (Å²) in [6.45, 7) is 0.343. The summed E-state index contributed by atoms with van der Waals surface area (Å²) in [6.07, 6.45) is -8.67. The second-order valence-corrected chi connectivity index (χ2v) is 6.70. The van der Waals surface area contributed by atoms with Crippen molar-refractivity contribution in [3.8, 4) is 0 Å². The van der Waals surface area contributed by atoms with Crippen molar-refractivity contribution in [1.82, 2.24) is 5.32 Å². The summed E-state index contributed by atoms with van der Waals surface area (Å²) in [5.74, 6) is 0. The fraction of sp³-hybridized carbons (Fsp3) is 0.400. The predicted molar refractivity (Wildman–Crippen MR) is 91.4 cm³/mol. The van der Waals surface area contributed by atoms with Gasteiger partial charge in [-0.2, -0.15) is 26.3 Å². The lowest BCUT2D eigenvalue weighted by Crippen LogP contribution is -2.39. The first kappa shape index (κ1) is 20.7. The second-order valence-electron chi connectivity index (χ2n) is 6.70. The molecule has 0 bridgehead atoms. The van der Waals surface area contributed by atoms with E-state index in [1.165, 1.54) is 0 Å². The van der Waals surface area contributed by atoms with Crippen molar-refractivity contribution >= 4 is 0 Å². The Bertz CT molecular complexity index is 788. The standard InChI is InChI=1S/C20H19F6NO/c21-19(22,23)15-9-8-14(16(11-15)20(24,25)26)12-28-17-7-4-10-27-18(17)13-5-2-1-3-6-13/h1-3,5-6,8-9,11,17-18,27H,4,7,10,12H2. The maximum atomic E-state index is 13.3. The molecule has 0 aliphatic carbocycles. The third-order valence-corrected chi connectivity index (χ3v) is 4.76. The molecule has 1 heterocycles. The van der Waals surface area contributed by atoms with E-state index >= 15 is 0 Å². The monoisotopic (exact) mass is 403 g/mol. The van der Waals surface area contributed by atoms with E-state index < -0.39 is 30.1 Å². The van der Waals surface area contributed by atoms with Crippen molar-refractivity contribution in [2.45, 2.75) is 43.9 Å². The van der Waals surface area contributed by atoms with E-state index in [0.717, 1.165) is 24.6 Å². The quantitative estimate of drug-likeness (QED) is 0.658. The summed E-state index contributed by atoms with van der Waals surface area (Å²) in [4.78, 5) is 0. The molecule has 0 radical (unpaired) electrons. The summed E-state index contributed by atoms with van der Waals surface area (Å²) in [7, 11) is 0. The van der Waals surface area contributed by atoms with Crippen LogP contribution in [0.5, 0.6) is 0 Å². The molecule has 0 aromatic heterocycles.